The van der Waals surface area contributed by atoms with Gasteiger partial charge >= 0.3 is 0 Å². The third-order valence-corrected chi connectivity index (χ3v) is 4.38. The minimum absolute atomic E-state index is 0.133. The number of nitrogens with zero attached hydrogens (tertiary/aromatic N) is 2. The third-order valence-electron chi connectivity index (χ3n) is 4.38. The molecular formula is C18H23N3O3. The highest BCUT2D eigenvalue weighted by Crippen LogP contribution is 2.27. The Kier molecular flexibility index (Phi) is 5.36. The Bertz CT molecular complexity index is 657. The number of nitrogens with one attached hydrogen (secondary N) is 1. The van der Waals surface area contributed by atoms with Crippen LogP contribution in [0.2, 0.25) is 0 Å². The summed E-state index contributed by atoms with van der Waals surface area (Å²) in [4.78, 5) is 14.4. The van der Waals surface area contributed by atoms with Gasteiger partial charge in [-0.1, -0.05) is 12.1 Å². The van der Waals surface area contributed by atoms with E-state index in [0.717, 1.165) is 31.6 Å². The van der Waals surface area contributed by atoms with Crippen LogP contribution in [0.5, 0.6) is 11.5 Å². The number of ether oxygens (including phenoxy) is 2. The maximum Gasteiger partial charge on any atom is 0.226 e. The average molecular weight is 329 g/mol. The molecule has 0 aliphatic carbocycles. The Balaban J connectivity index is 1.50. The normalized spacial score (nSPS) is 17.5. The SMILES string of the molecule is COc1ccccc1OCCC(=O)N1CCCC(c2ccn[nH]2)C1. The van der Waals surface area contributed by atoms with Crippen molar-refractivity contribution >= 4 is 5.91 Å². The van der Waals surface area contributed by atoms with Crippen molar-refractivity contribution in [2.24, 2.45) is 0 Å². The molecule has 1 saturated heterocycles. The first-order chi connectivity index (χ1) is 11.8. The number of amides is 1. The number of methoxy groups -OCH3 is 1. The van der Waals surface area contributed by atoms with Gasteiger partial charge in [-0.2, -0.15) is 5.10 Å². The molecule has 1 fully saturated rings. The molecule has 128 valence electrons. The summed E-state index contributed by atoms with van der Waals surface area (Å²) in [6, 6.07) is 9.46. The quantitative estimate of drug-likeness (QED) is 0.884. The van der Waals surface area contributed by atoms with Gasteiger partial charge in [0.15, 0.2) is 11.5 Å². The summed E-state index contributed by atoms with van der Waals surface area (Å²) in [5, 5.41) is 7.02. The number of aromatic nitrogens is 2. The van der Waals surface area contributed by atoms with Gasteiger partial charge < -0.3 is 14.4 Å². The largest absolute Gasteiger partial charge is 0.493 e. The topological polar surface area (TPSA) is 67.5 Å². The number of aromatic amines is 1. The summed E-state index contributed by atoms with van der Waals surface area (Å²) >= 11 is 0. The molecule has 1 aliphatic heterocycles. The number of carbonyl (C=O) groups excluding carboxylic acids is 1. The van der Waals surface area contributed by atoms with E-state index >= 15 is 0 Å². The molecule has 0 spiro atoms. The predicted octanol–water partition coefficient (Wildman–Crippen LogP) is 2.59. The first-order valence-corrected chi connectivity index (χ1v) is 8.31. The van der Waals surface area contributed by atoms with Crippen molar-refractivity contribution in [3.63, 3.8) is 0 Å². The van der Waals surface area contributed by atoms with E-state index in [1.54, 1.807) is 13.3 Å². The van der Waals surface area contributed by atoms with Gasteiger partial charge in [0, 0.05) is 30.9 Å². The minimum Gasteiger partial charge on any atom is -0.493 e. The lowest BCUT2D eigenvalue weighted by atomic mass is 9.95. The van der Waals surface area contributed by atoms with E-state index < -0.39 is 0 Å². The summed E-state index contributed by atoms with van der Waals surface area (Å²) < 4.78 is 10.9. The second-order valence-corrected chi connectivity index (χ2v) is 5.94. The van der Waals surface area contributed by atoms with Crippen LogP contribution >= 0.6 is 0 Å². The second kappa shape index (κ2) is 7.86. The zero-order chi connectivity index (χ0) is 16.8. The van der Waals surface area contributed by atoms with E-state index in [1.807, 2.05) is 35.2 Å². The van der Waals surface area contributed by atoms with Gasteiger partial charge in [0.2, 0.25) is 5.91 Å². The van der Waals surface area contributed by atoms with Crippen molar-refractivity contribution in [1.29, 1.82) is 0 Å². The van der Waals surface area contributed by atoms with Gasteiger partial charge in [0.1, 0.15) is 0 Å². The van der Waals surface area contributed by atoms with Crippen molar-refractivity contribution in [3.8, 4) is 11.5 Å². The number of H-pyrrole nitrogens is 1. The molecule has 0 bridgehead atoms. The van der Waals surface area contributed by atoms with E-state index in [4.69, 9.17) is 9.47 Å². The van der Waals surface area contributed by atoms with Crippen LogP contribution in [0.15, 0.2) is 36.5 Å². The number of piperidine rings is 1. The Morgan fingerprint density at radius 1 is 1.33 bits per heavy atom. The zero-order valence-electron chi connectivity index (χ0n) is 13.9. The standard InChI is InChI=1S/C18H23N3O3/c1-23-16-6-2-3-7-17(16)24-12-9-18(22)21-11-4-5-14(13-21)15-8-10-19-20-15/h2-3,6-8,10,14H,4-5,9,11-13H2,1H3,(H,19,20). The van der Waals surface area contributed by atoms with E-state index in [1.165, 1.54) is 0 Å². The van der Waals surface area contributed by atoms with Crippen LogP contribution in [-0.2, 0) is 4.79 Å². The Morgan fingerprint density at radius 2 is 2.17 bits per heavy atom. The molecule has 0 radical (unpaired) electrons. The number of hydrogen-bond acceptors (Lipinski definition) is 4. The maximum atomic E-state index is 12.4. The van der Waals surface area contributed by atoms with Gasteiger partial charge in [-0.25, -0.2) is 0 Å². The lowest BCUT2D eigenvalue weighted by Gasteiger charge is -2.32. The summed E-state index contributed by atoms with van der Waals surface area (Å²) in [5.41, 5.74) is 1.11. The molecule has 1 atom stereocenters. The molecule has 2 heterocycles. The fourth-order valence-corrected chi connectivity index (χ4v) is 3.10. The molecule has 3 rings (SSSR count). The van der Waals surface area contributed by atoms with E-state index in [9.17, 15) is 4.79 Å². The first-order valence-electron chi connectivity index (χ1n) is 8.31. The van der Waals surface area contributed by atoms with E-state index in [0.29, 0.717) is 30.4 Å². The second-order valence-electron chi connectivity index (χ2n) is 5.94. The maximum absolute atomic E-state index is 12.4. The molecule has 1 unspecified atom stereocenters. The highest BCUT2D eigenvalue weighted by Gasteiger charge is 2.25. The van der Waals surface area contributed by atoms with Gasteiger partial charge in [-0.05, 0) is 31.0 Å². The first kappa shape index (κ1) is 16.4. The average Bonchev–Trinajstić information content (AvgIpc) is 3.17. The van der Waals surface area contributed by atoms with Gasteiger partial charge in [-0.3, -0.25) is 9.89 Å². The lowest BCUT2D eigenvalue weighted by Crippen LogP contribution is -2.39. The van der Waals surface area contributed by atoms with Crippen LogP contribution in [0.1, 0.15) is 30.9 Å². The van der Waals surface area contributed by atoms with Crippen molar-refractivity contribution < 1.29 is 14.3 Å². The smallest absolute Gasteiger partial charge is 0.226 e. The van der Waals surface area contributed by atoms with Crippen molar-refractivity contribution in [2.75, 3.05) is 26.8 Å². The van der Waals surface area contributed by atoms with Crippen molar-refractivity contribution in [1.82, 2.24) is 15.1 Å². The molecule has 1 aromatic heterocycles. The molecule has 1 N–H and O–H groups in total. The molecule has 1 aromatic carbocycles. The Morgan fingerprint density at radius 3 is 2.92 bits per heavy atom. The lowest BCUT2D eigenvalue weighted by molar-refractivity contribution is -0.132. The summed E-state index contributed by atoms with van der Waals surface area (Å²) in [6.45, 7) is 1.91. The van der Waals surface area contributed by atoms with Gasteiger partial charge in [-0.15, -0.1) is 0 Å². The van der Waals surface area contributed by atoms with Crippen molar-refractivity contribution in [2.45, 2.75) is 25.2 Å². The molecule has 0 saturated carbocycles. The van der Waals surface area contributed by atoms with E-state index in [2.05, 4.69) is 10.2 Å². The molecule has 6 nitrogen and oxygen atoms in total. The van der Waals surface area contributed by atoms with Crippen LogP contribution in [-0.4, -0.2) is 47.8 Å². The predicted molar refractivity (Wildman–Crippen MR) is 90.2 cm³/mol. The number of benzene rings is 1. The zero-order valence-corrected chi connectivity index (χ0v) is 13.9. The monoisotopic (exact) mass is 329 g/mol. The number of rotatable bonds is 6. The third kappa shape index (κ3) is 3.88. The highest BCUT2D eigenvalue weighted by molar-refractivity contribution is 5.76. The van der Waals surface area contributed by atoms with Crippen LogP contribution in [0.3, 0.4) is 0 Å². The van der Waals surface area contributed by atoms with Crippen LogP contribution in [0.25, 0.3) is 0 Å². The minimum atomic E-state index is 0.133. The number of likely N-dealkylation sites (tertiary alicyclic amines) is 1. The number of para-hydroxylation sites is 2. The van der Waals surface area contributed by atoms with E-state index in [-0.39, 0.29) is 5.91 Å². The van der Waals surface area contributed by atoms with Gasteiger partial charge in [0.05, 0.1) is 20.1 Å². The molecule has 24 heavy (non-hydrogen) atoms. The molecular weight excluding hydrogens is 306 g/mol. The van der Waals surface area contributed by atoms with Crippen LogP contribution < -0.4 is 9.47 Å². The fraction of sp³-hybridized carbons (Fsp3) is 0.444. The number of carbonyl (C=O) groups is 1. The summed E-state index contributed by atoms with van der Waals surface area (Å²) in [7, 11) is 1.61. The van der Waals surface area contributed by atoms with Crippen molar-refractivity contribution in [3.05, 3.63) is 42.2 Å². The van der Waals surface area contributed by atoms with Crippen LogP contribution in [0, 0.1) is 0 Å². The highest BCUT2D eigenvalue weighted by atomic mass is 16.5. The number of hydrogen-bond donors (Lipinski definition) is 1. The summed E-state index contributed by atoms with van der Waals surface area (Å²) in [6.07, 6.45) is 4.23. The Labute approximate surface area is 141 Å². The molecule has 6 heteroatoms. The Hall–Kier alpha value is -2.50. The molecule has 1 amide bonds. The summed E-state index contributed by atoms with van der Waals surface area (Å²) in [5.74, 6) is 1.83. The van der Waals surface area contributed by atoms with Crippen LogP contribution in [0.4, 0.5) is 0 Å². The molecule has 1 aliphatic rings. The van der Waals surface area contributed by atoms with Gasteiger partial charge in [0.25, 0.3) is 0 Å². The molecule has 2 aromatic rings. The fourth-order valence-electron chi connectivity index (χ4n) is 3.10.